The summed E-state index contributed by atoms with van der Waals surface area (Å²) >= 11 is 0. The van der Waals surface area contributed by atoms with Crippen molar-refractivity contribution in [2.24, 2.45) is 0 Å². The summed E-state index contributed by atoms with van der Waals surface area (Å²) in [7, 11) is 0. The first-order chi connectivity index (χ1) is 15.8. The first-order valence-electron chi connectivity index (χ1n) is 10.8. The van der Waals surface area contributed by atoms with E-state index in [0.717, 1.165) is 30.8 Å². The van der Waals surface area contributed by atoms with Crippen LogP contribution in [-0.4, -0.2) is 30.8 Å². The summed E-state index contributed by atoms with van der Waals surface area (Å²) in [5.74, 6) is 0.772. The Bertz CT molecular complexity index is 1050. The molecule has 32 heavy (non-hydrogen) atoms. The van der Waals surface area contributed by atoms with Gasteiger partial charge >= 0.3 is 6.03 Å². The molecule has 0 spiro atoms. The number of nitrogens with zero attached hydrogens (tertiary/aromatic N) is 1. The zero-order valence-electron chi connectivity index (χ0n) is 17.9. The lowest BCUT2D eigenvalue weighted by atomic mass is 9.95. The highest BCUT2D eigenvalue weighted by molar-refractivity contribution is 5.89. The number of pyridine rings is 1. The van der Waals surface area contributed by atoms with Gasteiger partial charge in [-0.3, -0.25) is 4.98 Å². The lowest BCUT2D eigenvalue weighted by Gasteiger charge is -2.17. The molecule has 0 bridgehead atoms. The average Bonchev–Trinajstić information content (AvgIpc) is 2.85. The summed E-state index contributed by atoms with van der Waals surface area (Å²) in [4.78, 5) is 16.1. The molecule has 0 radical (unpaired) electrons. The van der Waals surface area contributed by atoms with Crippen molar-refractivity contribution in [2.45, 2.75) is 19.4 Å². The first-order valence-corrected chi connectivity index (χ1v) is 10.8. The largest absolute Gasteiger partial charge is 0.493 e. The molecule has 0 aliphatic carbocycles. The number of hydrogen-bond donors (Lipinski definition) is 2. The van der Waals surface area contributed by atoms with Crippen molar-refractivity contribution in [2.75, 3.05) is 25.1 Å². The number of ether oxygens (including phenoxy) is 2. The Labute approximate surface area is 188 Å². The molecule has 3 aromatic rings. The Kier molecular flexibility index (Phi) is 7.50. The summed E-state index contributed by atoms with van der Waals surface area (Å²) in [5, 5.41) is 5.64. The number of carbonyl (C=O) groups excluding carboxylic acids is 1. The van der Waals surface area contributed by atoms with E-state index in [-0.39, 0.29) is 6.03 Å². The summed E-state index contributed by atoms with van der Waals surface area (Å²) in [6.07, 6.45) is 7.37. The van der Waals surface area contributed by atoms with Crippen molar-refractivity contribution in [3.63, 3.8) is 0 Å². The third kappa shape index (κ3) is 6.18. The molecule has 6 heteroatoms. The molecule has 0 saturated heterocycles. The van der Waals surface area contributed by atoms with E-state index in [4.69, 9.17) is 9.47 Å². The minimum absolute atomic E-state index is 0.262. The van der Waals surface area contributed by atoms with Crippen LogP contribution in [0.2, 0.25) is 0 Å². The molecule has 0 fully saturated rings. The van der Waals surface area contributed by atoms with Gasteiger partial charge in [0.15, 0.2) is 0 Å². The van der Waals surface area contributed by atoms with Gasteiger partial charge in [-0.15, -0.1) is 0 Å². The highest BCUT2D eigenvalue weighted by Gasteiger charge is 2.10. The van der Waals surface area contributed by atoms with Crippen molar-refractivity contribution in [3.05, 3.63) is 95.8 Å². The van der Waals surface area contributed by atoms with E-state index in [1.807, 2.05) is 36.4 Å². The molecule has 0 atom stereocenters. The highest BCUT2D eigenvalue weighted by atomic mass is 16.5. The Morgan fingerprint density at radius 2 is 1.94 bits per heavy atom. The molecule has 4 rings (SSSR count). The van der Waals surface area contributed by atoms with Gasteiger partial charge in [0.1, 0.15) is 5.75 Å². The van der Waals surface area contributed by atoms with E-state index in [1.54, 1.807) is 12.4 Å². The summed E-state index contributed by atoms with van der Waals surface area (Å²) < 4.78 is 11.4. The first kappa shape index (κ1) is 21.6. The smallest absolute Gasteiger partial charge is 0.319 e. The monoisotopic (exact) mass is 429 g/mol. The SMILES string of the molecule is O=C(NCc1cccnc1)Nc1ccc(OCCc2ccccc2C2=CCOCC2)cc1. The number of aromatic nitrogens is 1. The van der Waals surface area contributed by atoms with Crippen LogP contribution in [0.4, 0.5) is 10.5 Å². The topological polar surface area (TPSA) is 72.5 Å². The Morgan fingerprint density at radius 3 is 2.72 bits per heavy atom. The lowest BCUT2D eigenvalue weighted by molar-refractivity contribution is 0.161. The van der Waals surface area contributed by atoms with Gasteiger partial charge in [-0.25, -0.2) is 4.79 Å². The van der Waals surface area contributed by atoms with Crippen LogP contribution in [-0.2, 0) is 17.7 Å². The van der Waals surface area contributed by atoms with Crippen LogP contribution in [0.1, 0.15) is 23.1 Å². The third-order valence-corrected chi connectivity index (χ3v) is 5.25. The van der Waals surface area contributed by atoms with Gasteiger partial charge in [0.25, 0.3) is 0 Å². The number of rotatable bonds is 8. The minimum atomic E-state index is -0.262. The molecule has 1 aromatic heterocycles. The highest BCUT2D eigenvalue weighted by Crippen LogP contribution is 2.25. The molecule has 2 amide bonds. The predicted octanol–water partition coefficient (Wildman–Crippen LogP) is 4.83. The van der Waals surface area contributed by atoms with Gasteiger partial charge in [-0.05, 0) is 59.0 Å². The van der Waals surface area contributed by atoms with Gasteiger partial charge in [0.2, 0.25) is 0 Å². The molecule has 2 heterocycles. The van der Waals surface area contributed by atoms with E-state index in [1.165, 1.54) is 16.7 Å². The van der Waals surface area contributed by atoms with Crippen LogP contribution in [0.5, 0.6) is 5.75 Å². The van der Waals surface area contributed by atoms with E-state index >= 15 is 0 Å². The number of urea groups is 1. The van der Waals surface area contributed by atoms with Crippen molar-refractivity contribution in [3.8, 4) is 5.75 Å². The molecule has 1 aliphatic heterocycles. The molecule has 0 saturated carbocycles. The van der Waals surface area contributed by atoms with E-state index in [0.29, 0.717) is 25.4 Å². The molecule has 0 unspecified atom stereocenters. The van der Waals surface area contributed by atoms with Gasteiger partial charge in [-0.1, -0.05) is 36.4 Å². The fourth-order valence-electron chi connectivity index (χ4n) is 3.60. The number of anilines is 1. The quantitative estimate of drug-likeness (QED) is 0.538. The van der Waals surface area contributed by atoms with Gasteiger partial charge < -0.3 is 20.1 Å². The molecular weight excluding hydrogens is 402 g/mol. The van der Waals surface area contributed by atoms with Crippen LogP contribution in [0.25, 0.3) is 5.57 Å². The number of carbonyl (C=O) groups is 1. The normalized spacial score (nSPS) is 13.2. The van der Waals surface area contributed by atoms with Crippen molar-refractivity contribution >= 4 is 17.3 Å². The van der Waals surface area contributed by atoms with Crippen LogP contribution in [0.3, 0.4) is 0 Å². The van der Waals surface area contributed by atoms with Crippen LogP contribution in [0, 0.1) is 0 Å². The molecule has 6 nitrogen and oxygen atoms in total. The molecular formula is C26H27N3O3. The summed E-state index contributed by atoms with van der Waals surface area (Å²) in [5.41, 5.74) is 5.57. The van der Waals surface area contributed by atoms with E-state index in [2.05, 4.69) is 46.0 Å². The molecule has 2 N–H and O–H groups in total. The maximum atomic E-state index is 12.1. The standard InChI is InChI=1S/C26H27N3O3/c30-26(28-19-20-4-3-14-27-18-20)29-23-7-9-24(10-8-23)32-17-13-21-5-1-2-6-25(21)22-11-15-31-16-12-22/h1-11,14,18H,12-13,15-17,19H2,(H2,28,29,30). The number of amides is 2. The lowest BCUT2D eigenvalue weighted by Crippen LogP contribution is -2.28. The molecule has 1 aliphatic rings. The fraction of sp³-hybridized carbons (Fsp3) is 0.231. The Balaban J connectivity index is 1.25. The van der Waals surface area contributed by atoms with Gasteiger partial charge in [0.05, 0.1) is 19.8 Å². The Morgan fingerprint density at radius 1 is 1.06 bits per heavy atom. The average molecular weight is 430 g/mol. The predicted molar refractivity (Wildman–Crippen MR) is 126 cm³/mol. The van der Waals surface area contributed by atoms with Crippen LogP contribution < -0.4 is 15.4 Å². The zero-order chi connectivity index (χ0) is 22.0. The summed E-state index contributed by atoms with van der Waals surface area (Å²) in [6, 6.07) is 19.4. The number of hydrogen-bond acceptors (Lipinski definition) is 4. The van der Waals surface area contributed by atoms with E-state index < -0.39 is 0 Å². The van der Waals surface area contributed by atoms with Crippen LogP contribution >= 0.6 is 0 Å². The maximum Gasteiger partial charge on any atom is 0.319 e. The zero-order valence-corrected chi connectivity index (χ0v) is 17.9. The molecule has 164 valence electrons. The number of benzene rings is 2. The minimum Gasteiger partial charge on any atom is -0.493 e. The second-order valence-corrected chi connectivity index (χ2v) is 7.50. The van der Waals surface area contributed by atoms with Crippen molar-refractivity contribution in [1.29, 1.82) is 0 Å². The third-order valence-electron chi connectivity index (χ3n) is 5.25. The second-order valence-electron chi connectivity index (χ2n) is 7.50. The van der Waals surface area contributed by atoms with Crippen molar-refractivity contribution < 1.29 is 14.3 Å². The molecule has 2 aromatic carbocycles. The maximum absolute atomic E-state index is 12.1. The van der Waals surface area contributed by atoms with Crippen molar-refractivity contribution in [1.82, 2.24) is 10.3 Å². The summed E-state index contributed by atoms with van der Waals surface area (Å²) in [6.45, 7) is 2.46. The van der Waals surface area contributed by atoms with Gasteiger partial charge in [-0.2, -0.15) is 0 Å². The van der Waals surface area contributed by atoms with Crippen LogP contribution in [0.15, 0.2) is 79.1 Å². The van der Waals surface area contributed by atoms with Gasteiger partial charge in [0, 0.05) is 31.0 Å². The van der Waals surface area contributed by atoms with E-state index in [9.17, 15) is 4.79 Å². The Hall–Kier alpha value is -3.64. The number of nitrogens with one attached hydrogen (secondary N) is 2. The fourth-order valence-corrected chi connectivity index (χ4v) is 3.60. The second kappa shape index (κ2) is 11.1.